The highest BCUT2D eigenvalue weighted by molar-refractivity contribution is 6.08. The zero-order valence-corrected chi connectivity index (χ0v) is 17.8. The van der Waals surface area contributed by atoms with E-state index >= 15 is 0 Å². The Morgan fingerprint density at radius 2 is 1.93 bits per heavy atom. The third kappa shape index (κ3) is 5.48. The molecule has 2 N–H and O–H groups in total. The molecule has 2 aromatic rings. The van der Waals surface area contributed by atoms with Crippen LogP contribution in [0.15, 0.2) is 41.2 Å². The van der Waals surface area contributed by atoms with Gasteiger partial charge in [-0.05, 0) is 62.0 Å². The molecule has 1 aromatic heterocycles. The normalized spacial score (nSPS) is 16.4. The molecule has 162 valence electrons. The lowest BCUT2D eigenvalue weighted by atomic mass is 9.94. The van der Waals surface area contributed by atoms with Crippen molar-refractivity contribution in [3.05, 3.63) is 53.7 Å². The van der Waals surface area contributed by atoms with Gasteiger partial charge in [-0.2, -0.15) is 0 Å². The van der Waals surface area contributed by atoms with Crippen LogP contribution in [0.5, 0.6) is 0 Å². The summed E-state index contributed by atoms with van der Waals surface area (Å²) in [6.07, 6.45) is 5.00. The molecule has 1 atom stereocenters. The van der Waals surface area contributed by atoms with Crippen LogP contribution in [-0.4, -0.2) is 42.4 Å². The van der Waals surface area contributed by atoms with Gasteiger partial charge in [0.05, 0.1) is 23.1 Å². The minimum atomic E-state index is -0.531. The molecular formula is C23H30FN3O3. The maximum absolute atomic E-state index is 13.8. The molecule has 3 rings (SSSR count). The lowest BCUT2D eigenvalue weighted by Crippen LogP contribution is -2.49. The summed E-state index contributed by atoms with van der Waals surface area (Å²) in [4.78, 5) is 27.6. The molecule has 7 heteroatoms. The molecule has 2 heterocycles. The van der Waals surface area contributed by atoms with Gasteiger partial charge in [0.15, 0.2) is 0 Å². The molecular weight excluding hydrogens is 385 g/mol. The van der Waals surface area contributed by atoms with Crippen molar-refractivity contribution in [2.24, 2.45) is 11.8 Å². The maximum Gasteiger partial charge on any atom is 0.258 e. The van der Waals surface area contributed by atoms with Crippen molar-refractivity contribution in [1.29, 1.82) is 0 Å². The number of hydrogen-bond donors (Lipinski definition) is 2. The number of likely N-dealkylation sites (tertiary alicyclic amines) is 1. The number of furan rings is 1. The number of rotatable bonds is 7. The molecule has 0 radical (unpaired) electrons. The van der Waals surface area contributed by atoms with Crippen molar-refractivity contribution in [2.45, 2.75) is 39.7 Å². The fourth-order valence-electron chi connectivity index (χ4n) is 3.85. The van der Waals surface area contributed by atoms with E-state index in [0.717, 1.165) is 25.1 Å². The van der Waals surface area contributed by atoms with Gasteiger partial charge in [-0.1, -0.05) is 20.8 Å². The number of carbonyl (C=O) groups excluding carboxylic acids is 2. The Kier molecular flexibility index (Phi) is 7.26. The SMILES string of the molecule is CC1CCN(C(CNC(=O)c2ccc(F)cc2NC(=O)c2ccoc2)C(C)C)CC1. The molecule has 2 amide bonds. The fraction of sp³-hybridized carbons (Fsp3) is 0.478. The summed E-state index contributed by atoms with van der Waals surface area (Å²) in [5, 5.41) is 5.59. The first kappa shape index (κ1) is 22.0. The van der Waals surface area contributed by atoms with Crippen molar-refractivity contribution >= 4 is 17.5 Å². The Morgan fingerprint density at radius 1 is 1.20 bits per heavy atom. The van der Waals surface area contributed by atoms with E-state index in [9.17, 15) is 14.0 Å². The summed E-state index contributed by atoms with van der Waals surface area (Å²) in [7, 11) is 0. The second kappa shape index (κ2) is 9.89. The monoisotopic (exact) mass is 415 g/mol. The minimum absolute atomic E-state index is 0.131. The molecule has 0 saturated carbocycles. The Bertz CT molecular complexity index is 859. The van der Waals surface area contributed by atoms with Gasteiger partial charge in [0.1, 0.15) is 12.1 Å². The van der Waals surface area contributed by atoms with Crippen molar-refractivity contribution < 1.29 is 18.4 Å². The molecule has 30 heavy (non-hydrogen) atoms. The highest BCUT2D eigenvalue weighted by Gasteiger charge is 2.26. The van der Waals surface area contributed by atoms with E-state index in [0.29, 0.717) is 18.0 Å². The van der Waals surface area contributed by atoms with Gasteiger partial charge in [0.25, 0.3) is 11.8 Å². The largest absolute Gasteiger partial charge is 0.472 e. The number of benzene rings is 1. The molecule has 0 spiro atoms. The van der Waals surface area contributed by atoms with E-state index in [2.05, 4.69) is 36.3 Å². The number of piperidine rings is 1. The van der Waals surface area contributed by atoms with Crippen molar-refractivity contribution in [3.63, 3.8) is 0 Å². The molecule has 1 saturated heterocycles. The van der Waals surface area contributed by atoms with Gasteiger partial charge in [-0.15, -0.1) is 0 Å². The average molecular weight is 416 g/mol. The lowest BCUT2D eigenvalue weighted by molar-refractivity contribution is 0.0863. The molecule has 1 unspecified atom stereocenters. The van der Waals surface area contributed by atoms with Crippen molar-refractivity contribution in [2.75, 3.05) is 25.0 Å². The average Bonchev–Trinajstić information content (AvgIpc) is 3.24. The van der Waals surface area contributed by atoms with Gasteiger partial charge >= 0.3 is 0 Å². The maximum atomic E-state index is 13.8. The predicted octanol–water partition coefficient (Wildman–Crippen LogP) is 4.16. The van der Waals surface area contributed by atoms with E-state index in [1.807, 2.05) is 0 Å². The number of halogens is 1. The first-order chi connectivity index (χ1) is 14.3. The summed E-state index contributed by atoms with van der Waals surface area (Å²) in [5.74, 6) is -0.215. The molecule has 1 aliphatic rings. The lowest BCUT2D eigenvalue weighted by Gasteiger charge is -2.39. The number of nitrogens with one attached hydrogen (secondary N) is 2. The molecule has 6 nitrogen and oxygen atoms in total. The molecule has 1 fully saturated rings. The number of hydrogen-bond acceptors (Lipinski definition) is 4. The number of carbonyl (C=O) groups is 2. The van der Waals surface area contributed by atoms with E-state index in [4.69, 9.17) is 4.42 Å². The number of anilines is 1. The minimum Gasteiger partial charge on any atom is -0.472 e. The van der Waals surface area contributed by atoms with Crippen LogP contribution in [0.3, 0.4) is 0 Å². The van der Waals surface area contributed by atoms with E-state index < -0.39 is 11.7 Å². The standard InChI is InChI=1S/C23H30FN3O3/c1-15(2)21(27-9-6-16(3)7-10-27)13-25-23(29)19-5-4-18(24)12-20(19)26-22(28)17-8-11-30-14-17/h4-5,8,11-12,14-16,21H,6-7,9-10,13H2,1-3H3,(H,25,29)(H,26,28). The van der Waals surface area contributed by atoms with Crippen LogP contribution in [0.1, 0.15) is 54.3 Å². The summed E-state index contributed by atoms with van der Waals surface area (Å²) in [5.41, 5.74) is 0.652. The Hall–Kier alpha value is -2.67. The van der Waals surface area contributed by atoms with Crippen LogP contribution in [-0.2, 0) is 0 Å². The first-order valence-electron chi connectivity index (χ1n) is 10.5. The highest BCUT2D eigenvalue weighted by atomic mass is 19.1. The second-order valence-electron chi connectivity index (χ2n) is 8.40. The number of amides is 2. The van der Waals surface area contributed by atoms with Crippen LogP contribution < -0.4 is 10.6 Å². The Morgan fingerprint density at radius 3 is 2.57 bits per heavy atom. The second-order valence-corrected chi connectivity index (χ2v) is 8.40. The van der Waals surface area contributed by atoms with Crippen molar-refractivity contribution in [3.8, 4) is 0 Å². The third-order valence-corrected chi connectivity index (χ3v) is 5.79. The molecule has 0 aliphatic carbocycles. The Labute approximate surface area is 176 Å². The zero-order chi connectivity index (χ0) is 21.7. The van der Waals surface area contributed by atoms with Crippen LogP contribution in [0.2, 0.25) is 0 Å². The summed E-state index contributed by atoms with van der Waals surface area (Å²) in [6.45, 7) is 9.15. The predicted molar refractivity (Wildman–Crippen MR) is 114 cm³/mol. The fourth-order valence-corrected chi connectivity index (χ4v) is 3.85. The van der Waals surface area contributed by atoms with Crippen LogP contribution in [0.4, 0.5) is 10.1 Å². The van der Waals surface area contributed by atoms with E-state index in [-0.39, 0.29) is 23.2 Å². The van der Waals surface area contributed by atoms with Gasteiger partial charge in [-0.25, -0.2) is 4.39 Å². The summed E-state index contributed by atoms with van der Waals surface area (Å²) in [6, 6.07) is 5.49. The Balaban J connectivity index is 1.69. The molecule has 0 bridgehead atoms. The number of nitrogens with zero attached hydrogens (tertiary/aromatic N) is 1. The third-order valence-electron chi connectivity index (χ3n) is 5.79. The van der Waals surface area contributed by atoms with Crippen LogP contribution >= 0.6 is 0 Å². The van der Waals surface area contributed by atoms with Crippen LogP contribution in [0.25, 0.3) is 0 Å². The molecule has 1 aliphatic heterocycles. The summed E-state index contributed by atoms with van der Waals surface area (Å²) < 4.78 is 18.7. The van der Waals surface area contributed by atoms with Gasteiger partial charge in [-0.3, -0.25) is 14.5 Å². The summed E-state index contributed by atoms with van der Waals surface area (Å²) >= 11 is 0. The van der Waals surface area contributed by atoms with E-state index in [1.165, 1.54) is 43.6 Å². The zero-order valence-electron chi connectivity index (χ0n) is 17.8. The topological polar surface area (TPSA) is 74.6 Å². The van der Waals surface area contributed by atoms with Crippen molar-refractivity contribution in [1.82, 2.24) is 10.2 Å². The van der Waals surface area contributed by atoms with Gasteiger partial charge < -0.3 is 15.1 Å². The first-order valence-corrected chi connectivity index (χ1v) is 10.5. The van der Waals surface area contributed by atoms with Gasteiger partial charge in [0.2, 0.25) is 0 Å². The molecule has 1 aromatic carbocycles. The van der Waals surface area contributed by atoms with E-state index in [1.54, 1.807) is 0 Å². The van der Waals surface area contributed by atoms with Gasteiger partial charge in [0, 0.05) is 12.6 Å². The van der Waals surface area contributed by atoms with Crippen LogP contribution in [0, 0.1) is 17.7 Å². The smallest absolute Gasteiger partial charge is 0.258 e. The quantitative estimate of drug-likeness (QED) is 0.712. The highest BCUT2D eigenvalue weighted by Crippen LogP contribution is 2.22.